The molecule has 5 rings (SSSR count). The number of pyridine rings is 2. The van der Waals surface area contributed by atoms with Gasteiger partial charge in [-0.2, -0.15) is 4.98 Å². The van der Waals surface area contributed by atoms with Gasteiger partial charge in [-0.3, -0.25) is 14.2 Å². The van der Waals surface area contributed by atoms with Crippen LogP contribution < -0.4 is 15.8 Å². The first-order valence-corrected chi connectivity index (χ1v) is 11.9. The number of aryl methyl sites for hydroxylation is 1. The molecule has 0 bridgehead atoms. The van der Waals surface area contributed by atoms with E-state index in [4.69, 9.17) is 0 Å². The highest BCUT2D eigenvalue weighted by atomic mass is 16.2. The number of hydrogen-bond donors (Lipinski definition) is 1. The molecular formula is C25H30N8O2. The standard InChI is InChI=1S/C25H30N8O2/c1-3-22(34)32-16-18(17-32)8-9-33-23(35)7-4-19-14-27-25(29-24(19)33)28-21-6-5-20(15-26-21)31-12-10-30(2)11-13-31/h3-7,14-15,18H,1,8-13,16-17H2,2H3,(H,26,27,28,29). The summed E-state index contributed by atoms with van der Waals surface area (Å²) in [7, 11) is 2.14. The summed E-state index contributed by atoms with van der Waals surface area (Å²) in [4.78, 5) is 44.3. The maximum Gasteiger partial charge on any atom is 0.252 e. The second-order valence-corrected chi connectivity index (χ2v) is 9.21. The van der Waals surface area contributed by atoms with Crippen molar-refractivity contribution < 1.29 is 4.79 Å². The van der Waals surface area contributed by atoms with E-state index in [-0.39, 0.29) is 11.5 Å². The molecule has 10 nitrogen and oxygen atoms in total. The fourth-order valence-corrected chi connectivity index (χ4v) is 4.55. The lowest BCUT2D eigenvalue weighted by atomic mass is 9.96. The van der Waals surface area contributed by atoms with E-state index in [1.54, 1.807) is 27.8 Å². The molecule has 0 radical (unpaired) electrons. The minimum absolute atomic E-state index is 0.0443. The number of aromatic nitrogens is 4. The zero-order chi connectivity index (χ0) is 24.4. The van der Waals surface area contributed by atoms with Crippen molar-refractivity contribution in [1.29, 1.82) is 0 Å². The Morgan fingerprint density at radius 2 is 1.91 bits per heavy atom. The summed E-state index contributed by atoms with van der Waals surface area (Å²) in [5.74, 6) is 1.36. The number of likely N-dealkylation sites (tertiary alicyclic amines) is 1. The van der Waals surface area contributed by atoms with Gasteiger partial charge < -0.3 is 20.0 Å². The van der Waals surface area contributed by atoms with Crippen molar-refractivity contribution in [2.24, 2.45) is 5.92 Å². The van der Waals surface area contributed by atoms with E-state index in [2.05, 4.69) is 49.8 Å². The lowest BCUT2D eigenvalue weighted by Crippen LogP contribution is -2.49. The van der Waals surface area contributed by atoms with Crippen molar-refractivity contribution in [3.05, 3.63) is 59.7 Å². The van der Waals surface area contributed by atoms with Crippen LogP contribution in [-0.2, 0) is 11.3 Å². The molecule has 2 aliphatic heterocycles. The van der Waals surface area contributed by atoms with E-state index in [1.165, 1.54) is 6.08 Å². The molecule has 1 N–H and O–H groups in total. The first-order valence-electron chi connectivity index (χ1n) is 11.9. The van der Waals surface area contributed by atoms with Gasteiger partial charge in [-0.15, -0.1) is 0 Å². The number of anilines is 3. The minimum Gasteiger partial charge on any atom is -0.368 e. The molecule has 3 aromatic rings. The van der Waals surface area contributed by atoms with Gasteiger partial charge in [-0.05, 0) is 43.7 Å². The van der Waals surface area contributed by atoms with E-state index in [9.17, 15) is 9.59 Å². The van der Waals surface area contributed by atoms with Crippen LogP contribution in [0.4, 0.5) is 17.5 Å². The Labute approximate surface area is 203 Å². The summed E-state index contributed by atoms with van der Waals surface area (Å²) in [5.41, 5.74) is 1.58. The summed E-state index contributed by atoms with van der Waals surface area (Å²) in [6, 6.07) is 7.27. The predicted molar refractivity (Wildman–Crippen MR) is 136 cm³/mol. The normalized spacial score (nSPS) is 16.8. The van der Waals surface area contributed by atoms with Crippen LogP contribution in [0.1, 0.15) is 6.42 Å². The Bertz CT molecular complexity index is 1270. The summed E-state index contributed by atoms with van der Waals surface area (Å²) in [6.45, 7) is 9.51. The molecule has 0 aliphatic carbocycles. The highest BCUT2D eigenvalue weighted by Crippen LogP contribution is 2.22. The predicted octanol–water partition coefficient (Wildman–Crippen LogP) is 1.72. The number of likely N-dealkylation sites (N-methyl/N-ethyl adjacent to an activating group) is 1. The number of nitrogens with zero attached hydrogens (tertiary/aromatic N) is 7. The maximum absolute atomic E-state index is 12.6. The van der Waals surface area contributed by atoms with Crippen molar-refractivity contribution in [3.63, 3.8) is 0 Å². The van der Waals surface area contributed by atoms with Crippen LogP contribution in [0.25, 0.3) is 11.0 Å². The van der Waals surface area contributed by atoms with E-state index < -0.39 is 0 Å². The van der Waals surface area contributed by atoms with E-state index in [0.29, 0.717) is 43.0 Å². The molecule has 0 spiro atoms. The monoisotopic (exact) mass is 474 g/mol. The molecule has 10 heteroatoms. The Morgan fingerprint density at radius 3 is 2.63 bits per heavy atom. The summed E-state index contributed by atoms with van der Waals surface area (Å²) < 4.78 is 1.68. The fraction of sp³-hybridized carbons (Fsp3) is 0.400. The molecule has 182 valence electrons. The van der Waals surface area contributed by atoms with Gasteiger partial charge in [0.15, 0.2) is 0 Å². The van der Waals surface area contributed by atoms with Gasteiger partial charge in [0.2, 0.25) is 11.9 Å². The molecule has 0 unspecified atom stereocenters. The van der Waals surface area contributed by atoms with E-state index in [1.807, 2.05) is 12.3 Å². The second-order valence-electron chi connectivity index (χ2n) is 9.21. The Morgan fingerprint density at radius 1 is 1.11 bits per heavy atom. The Balaban J connectivity index is 1.28. The topological polar surface area (TPSA) is 99.5 Å². The summed E-state index contributed by atoms with van der Waals surface area (Å²) in [6.07, 6.45) is 5.71. The number of piperazine rings is 1. The highest BCUT2D eigenvalue weighted by molar-refractivity contribution is 5.87. The molecule has 0 aromatic carbocycles. The van der Waals surface area contributed by atoms with Gasteiger partial charge in [-0.25, -0.2) is 9.97 Å². The van der Waals surface area contributed by atoms with Gasteiger partial charge >= 0.3 is 0 Å². The number of rotatable bonds is 7. The smallest absolute Gasteiger partial charge is 0.252 e. The quantitative estimate of drug-likeness (QED) is 0.517. The molecule has 0 atom stereocenters. The molecule has 2 aliphatic rings. The molecule has 1 amide bonds. The van der Waals surface area contributed by atoms with Crippen LogP contribution in [0, 0.1) is 5.92 Å². The van der Waals surface area contributed by atoms with Crippen LogP contribution in [0.15, 0.2) is 54.1 Å². The Hall–Kier alpha value is -3.79. The van der Waals surface area contributed by atoms with Crippen LogP contribution in [-0.4, -0.2) is 81.5 Å². The van der Waals surface area contributed by atoms with Gasteiger partial charge in [-0.1, -0.05) is 6.58 Å². The number of hydrogen-bond acceptors (Lipinski definition) is 8. The number of carbonyl (C=O) groups excluding carboxylic acids is 1. The average Bonchev–Trinajstić information content (AvgIpc) is 2.85. The fourth-order valence-electron chi connectivity index (χ4n) is 4.55. The van der Waals surface area contributed by atoms with E-state index >= 15 is 0 Å². The molecule has 5 heterocycles. The van der Waals surface area contributed by atoms with Gasteiger partial charge in [0.1, 0.15) is 11.5 Å². The Kier molecular flexibility index (Phi) is 6.45. The second kappa shape index (κ2) is 9.83. The number of fused-ring (bicyclic) bond motifs is 1. The molecule has 2 saturated heterocycles. The molecule has 2 fully saturated rings. The third-order valence-corrected chi connectivity index (χ3v) is 6.78. The van der Waals surface area contributed by atoms with Crippen molar-refractivity contribution >= 4 is 34.4 Å². The van der Waals surface area contributed by atoms with Crippen molar-refractivity contribution in [2.75, 3.05) is 56.5 Å². The first kappa shape index (κ1) is 23.0. The first-order chi connectivity index (χ1) is 17.0. The van der Waals surface area contributed by atoms with Gasteiger partial charge in [0.25, 0.3) is 5.56 Å². The largest absolute Gasteiger partial charge is 0.368 e. The maximum atomic E-state index is 12.6. The van der Waals surface area contributed by atoms with Crippen LogP contribution in [0.3, 0.4) is 0 Å². The van der Waals surface area contributed by atoms with E-state index in [0.717, 1.165) is 43.7 Å². The third-order valence-electron chi connectivity index (χ3n) is 6.78. The molecular weight excluding hydrogens is 444 g/mol. The molecule has 35 heavy (non-hydrogen) atoms. The number of nitrogens with one attached hydrogen (secondary N) is 1. The number of carbonyl (C=O) groups is 1. The van der Waals surface area contributed by atoms with Crippen LogP contribution >= 0.6 is 0 Å². The summed E-state index contributed by atoms with van der Waals surface area (Å²) in [5, 5.41) is 3.96. The zero-order valence-corrected chi connectivity index (χ0v) is 19.9. The average molecular weight is 475 g/mol. The van der Waals surface area contributed by atoms with Crippen LogP contribution in [0.2, 0.25) is 0 Å². The lowest BCUT2D eigenvalue weighted by Gasteiger charge is -2.38. The zero-order valence-electron chi connectivity index (χ0n) is 19.9. The highest BCUT2D eigenvalue weighted by Gasteiger charge is 2.29. The van der Waals surface area contributed by atoms with Gasteiger partial charge in [0, 0.05) is 63.5 Å². The third kappa shape index (κ3) is 5.02. The van der Waals surface area contributed by atoms with Crippen molar-refractivity contribution in [2.45, 2.75) is 13.0 Å². The molecule has 0 saturated carbocycles. The van der Waals surface area contributed by atoms with Gasteiger partial charge in [0.05, 0.1) is 11.9 Å². The minimum atomic E-state index is -0.102. The van der Waals surface area contributed by atoms with Crippen LogP contribution in [0.5, 0.6) is 0 Å². The number of amides is 1. The van der Waals surface area contributed by atoms with Crippen molar-refractivity contribution in [1.82, 2.24) is 29.3 Å². The summed E-state index contributed by atoms with van der Waals surface area (Å²) >= 11 is 0. The molecule has 3 aromatic heterocycles. The lowest BCUT2D eigenvalue weighted by molar-refractivity contribution is -0.132. The van der Waals surface area contributed by atoms with Crippen molar-refractivity contribution in [3.8, 4) is 0 Å². The SMILES string of the molecule is C=CC(=O)N1CC(CCn2c(=O)ccc3cnc(Nc4ccc(N5CCN(C)CC5)cn4)nc32)C1.